The summed E-state index contributed by atoms with van der Waals surface area (Å²) in [6.07, 6.45) is 46.0. The maximum absolute atomic E-state index is 12.5. The first-order valence-electron chi connectivity index (χ1n) is 20.4. The van der Waals surface area contributed by atoms with Crippen molar-refractivity contribution in [2.45, 2.75) is 232 Å². The normalized spacial score (nSPS) is 16.8. The van der Waals surface area contributed by atoms with Gasteiger partial charge in [-0.1, -0.05) is 141 Å². The lowest BCUT2D eigenvalue weighted by Gasteiger charge is -2.30. The monoisotopic (exact) mass is 645 g/mol. The molecule has 1 saturated carbocycles. The first-order valence-corrected chi connectivity index (χ1v) is 20.4. The molecule has 0 amide bonds. The molecule has 0 aliphatic heterocycles. The number of unbranched alkanes of at least 4 members (excludes halogenated alkanes) is 22. The Morgan fingerprint density at radius 3 is 1.04 bits per heavy atom. The Morgan fingerprint density at radius 2 is 0.717 bits per heavy atom. The average Bonchev–Trinajstić information content (AvgIpc) is 3.05. The number of carbonyl (C=O) groups is 2. The quantitative estimate of drug-likeness (QED) is 0.0415. The van der Waals surface area contributed by atoms with E-state index in [0.29, 0.717) is 12.8 Å². The van der Waals surface area contributed by atoms with Crippen molar-refractivity contribution < 1.29 is 19.1 Å². The summed E-state index contributed by atoms with van der Waals surface area (Å²) < 4.78 is 11.6. The maximum atomic E-state index is 12.5. The molecule has 1 rings (SSSR count). The molecule has 4 nitrogen and oxygen atoms in total. The van der Waals surface area contributed by atoms with Crippen LogP contribution in [-0.4, -0.2) is 24.1 Å². The van der Waals surface area contributed by atoms with E-state index in [-0.39, 0.29) is 24.1 Å². The zero-order valence-electron chi connectivity index (χ0n) is 30.7. The third kappa shape index (κ3) is 27.5. The van der Waals surface area contributed by atoms with Gasteiger partial charge in [-0.2, -0.15) is 0 Å². The number of allylic oxidation sites excluding steroid dienone is 4. The molecule has 0 N–H and O–H groups in total. The van der Waals surface area contributed by atoms with Crippen LogP contribution in [-0.2, 0) is 19.1 Å². The number of carbonyl (C=O) groups excluding carboxylic acids is 2. The van der Waals surface area contributed by atoms with E-state index in [0.717, 1.165) is 51.4 Å². The van der Waals surface area contributed by atoms with Crippen molar-refractivity contribution in [1.29, 1.82) is 0 Å². The van der Waals surface area contributed by atoms with Gasteiger partial charge in [0, 0.05) is 12.8 Å². The van der Waals surface area contributed by atoms with Crippen molar-refractivity contribution in [3.05, 3.63) is 24.3 Å². The molecule has 268 valence electrons. The van der Waals surface area contributed by atoms with Crippen molar-refractivity contribution in [2.24, 2.45) is 0 Å². The van der Waals surface area contributed by atoms with E-state index in [1.165, 1.54) is 141 Å². The van der Waals surface area contributed by atoms with E-state index < -0.39 is 0 Å². The standard InChI is InChI=1S/C42H76O4/c1-3-5-7-9-11-13-15-17-19-21-23-25-27-29-31-37-41(43)45-39-35-33-34-36-40(39)46-42(44)38-32-30-28-26-24-22-20-18-16-14-12-10-8-6-4-2/h17-20,39-40H,3-16,21-38H2,1-2H3/b19-17-,20-18-/t39-,40-/m1/s1. The van der Waals surface area contributed by atoms with Crippen LogP contribution >= 0.6 is 0 Å². The zero-order valence-corrected chi connectivity index (χ0v) is 30.7. The molecule has 0 saturated heterocycles. The second-order valence-electron chi connectivity index (χ2n) is 14.0. The Bertz CT molecular complexity index is 680. The molecule has 0 aromatic rings. The molecule has 2 atom stereocenters. The summed E-state index contributed by atoms with van der Waals surface area (Å²) in [6.45, 7) is 4.54. The van der Waals surface area contributed by atoms with Crippen LogP contribution in [0.4, 0.5) is 0 Å². The molecule has 0 radical (unpaired) electrons. The predicted octanol–water partition coefficient (Wildman–Crippen LogP) is 13.5. The lowest BCUT2D eigenvalue weighted by molar-refractivity contribution is -0.171. The summed E-state index contributed by atoms with van der Waals surface area (Å²) in [5.74, 6) is -0.245. The van der Waals surface area contributed by atoms with Gasteiger partial charge in [0.15, 0.2) is 0 Å². The predicted molar refractivity (Wildman–Crippen MR) is 197 cm³/mol. The minimum absolute atomic E-state index is 0.122. The van der Waals surface area contributed by atoms with Crippen LogP contribution in [0.1, 0.15) is 219 Å². The zero-order chi connectivity index (χ0) is 33.2. The minimum Gasteiger partial charge on any atom is -0.458 e. The van der Waals surface area contributed by atoms with Gasteiger partial charge in [0.2, 0.25) is 0 Å². The lowest BCUT2D eigenvalue weighted by atomic mass is 9.94. The Hall–Kier alpha value is -1.58. The van der Waals surface area contributed by atoms with Crippen LogP contribution < -0.4 is 0 Å². The largest absolute Gasteiger partial charge is 0.458 e. The minimum atomic E-state index is -0.262. The fraction of sp³-hybridized carbons (Fsp3) is 0.857. The Balaban J connectivity index is 2.00. The third-order valence-corrected chi connectivity index (χ3v) is 9.49. The Morgan fingerprint density at radius 1 is 0.435 bits per heavy atom. The molecule has 1 aliphatic rings. The van der Waals surface area contributed by atoms with E-state index in [4.69, 9.17) is 9.47 Å². The van der Waals surface area contributed by atoms with Crippen LogP contribution in [0.2, 0.25) is 0 Å². The number of hydrogen-bond acceptors (Lipinski definition) is 4. The van der Waals surface area contributed by atoms with Gasteiger partial charge < -0.3 is 9.47 Å². The number of hydrogen-bond donors (Lipinski definition) is 0. The SMILES string of the molecule is CCCCCCCC/C=C\CCCCCCCC(=O)O[C@@H]1CCCC[C@H]1OC(=O)CCCCCCC/C=C\CCCCCCCC. The van der Waals surface area contributed by atoms with E-state index in [9.17, 15) is 9.59 Å². The molecule has 4 heteroatoms. The van der Waals surface area contributed by atoms with Gasteiger partial charge in [-0.15, -0.1) is 0 Å². The third-order valence-electron chi connectivity index (χ3n) is 9.49. The molecule has 1 fully saturated rings. The summed E-state index contributed by atoms with van der Waals surface area (Å²) in [4.78, 5) is 25.1. The molecule has 0 aromatic carbocycles. The second kappa shape index (κ2) is 33.3. The van der Waals surface area contributed by atoms with Gasteiger partial charge in [0.1, 0.15) is 12.2 Å². The fourth-order valence-corrected chi connectivity index (χ4v) is 6.47. The van der Waals surface area contributed by atoms with E-state index >= 15 is 0 Å². The highest BCUT2D eigenvalue weighted by Crippen LogP contribution is 2.25. The van der Waals surface area contributed by atoms with Gasteiger partial charge in [-0.05, 0) is 89.9 Å². The first-order chi connectivity index (χ1) is 22.7. The van der Waals surface area contributed by atoms with Crippen molar-refractivity contribution in [2.75, 3.05) is 0 Å². The van der Waals surface area contributed by atoms with Crippen LogP contribution in [0.5, 0.6) is 0 Å². The molecular formula is C42H76O4. The van der Waals surface area contributed by atoms with Gasteiger partial charge in [-0.25, -0.2) is 0 Å². The van der Waals surface area contributed by atoms with Crippen LogP contribution in [0.3, 0.4) is 0 Å². The molecule has 46 heavy (non-hydrogen) atoms. The van der Waals surface area contributed by atoms with E-state index in [2.05, 4.69) is 38.2 Å². The smallest absolute Gasteiger partial charge is 0.306 e. The maximum Gasteiger partial charge on any atom is 0.306 e. The van der Waals surface area contributed by atoms with Crippen molar-refractivity contribution >= 4 is 11.9 Å². The Kier molecular flexibility index (Phi) is 30.7. The number of esters is 2. The van der Waals surface area contributed by atoms with Gasteiger partial charge in [0.05, 0.1) is 0 Å². The number of rotatable bonds is 32. The highest BCUT2D eigenvalue weighted by molar-refractivity contribution is 5.70. The van der Waals surface area contributed by atoms with Crippen LogP contribution in [0.15, 0.2) is 24.3 Å². The highest BCUT2D eigenvalue weighted by Gasteiger charge is 2.31. The lowest BCUT2D eigenvalue weighted by Crippen LogP contribution is -2.37. The topological polar surface area (TPSA) is 52.6 Å². The summed E-state index contributed by atoms with van der Waals surface area (Å²) in [5.41, 5.74) is 0. The molecule has 0 bridgehead atoms. The summed E-state index contributed by atoms with van der Waals surface area (Å²) in [7, 11) is 0. The molecule has 0 unspecified atom stereocenters. The molecule has 1 aliphatic carbocycles. The van der Waals surface area contributed by atoms with Gasteiger partial charge in [-0.3, -0.25) is 9.59 Å². The molecule has 0 spiro atoms. The van der Waals surface area contributed by atoms with E-state index in [1.54, 1.807) is 0 Å². The summed E-state index contributed by atoms with van der Waals surface area (Å²) >= 11 is 0. The van der Waals surface area contributed by atoms with Crippen LogP contribution in [0.25, 0.3) is 0 Å². The fourth-order valence-electron chi connectivity index (χ4n) is 6.47. The highest BCUT2D eigenvalue weighted by atomic mass is 16.6. The Labute approximate surface area is 286 Å². The van der Waals surface area contributed by atoms with Crippen molar-refractivity contribution in [3.63, 3.8) is 0 Å². The summed E-state index contributed by atoms with van der Waals surface area (Å²) in [6, 6.07) is 0. The molecule has 0 aromatic heterocycles. The average molecular weight is 645 g/mol. The molecular weight excluding hydrogens is 568 g/mol. The first kappa shape index (κ1) is 42.4. The molecule has 0 heterocycles. The van der Waals surface area contributed by atoms with Crippen molar-refractivity contribution in [3.8, 4) is 0 Å². The second-order valence-corrected chi connectivity index (χ2v) is 14.0. The van der Waals surface area contributed by atoms with E-state index in [1.807, 2.05) is 0 Å². The van der Waals surface area contributed by atoms with Gasteiger partial charge in [0.25, 0.3) is 0 Å². The summed E-state index contributed by atoms with van der Waals surface area (Å²) in [5, 5.41) is 0. The number of ether oxygens (including phenoxy) is 2. The van der Waals surface area contributed by atoms with Crippen molar-refractivity contribution in [1.82, 2.24) is 0 Å². The van der Waals surface area contributed by atoms with Crippen LogP contribution in [0, 0.1) is 0 Å². The van der Waals surface area contributed by atoms with Gasteiger partial charge >= 0.3 is 11.9 Å².